The summed E-state index contributed by atoms with van der Waals surface area (Å²) in [4.78, 5) is 22.2. The van der Waals surface area contributed by atoms with Gasteiger partial charge in [-0.1, -0.05) is 6.92 Å². The first-order valence-electron chi connectivity index (χ1n) is 6.32. The lowest BCUT2D eigenvalue weighted by Crippen LogP contribution is -2.59. The zero-order valence-electron chi connectivity index (χ0n) is 10.9. The third kappa shape index (κ3) is 3.96. The molecule has 1 fully saturated rings. The Labute approximate surface area is 107 Å². The van der Waals surface area contributed by atoms with Crippen molar-refractivity contribution >= 4 is 11.9 Å². The van der Waals surface area contributed by atoms with Crippen LogP contribution >= 0.6 is 0 Å². The number of carbonyl (C=O) groups is 2. The van der Waals surface area contributed by atoms with E-state index in [-0.39, 0.29) is 24.1 Å². The van der Waals surface area contributed by atoms with Crippen molar-refractivity contribution in [3.63, 3.8) is 0 Å². The van der Waals surface area contributed by atoms with Crippen molar-refractivity contribution in [2.45, 2.75) is 51.3 Å². The molecule has 0 aromatic heterocycles. The van der Waals surface area contributed by atoms with Gasteiger partial charge in [-0.25, -0.2) is 0 Å². The largest absolute Gasteiger partial charge is 0.481 e. The lowest BCUT2D eigenvalue weighted by Gasteiger charge is -2.39. The number of ether oxygens (including phenoxy) is 1. The smallest absolute Gasteiger partial charge is 0.306 e. The topological polar surface area (TPSA) is 102 Å². The fourth-order valence-electron chi connectivity index (χ4n) is 2.35. The molecule has 4 atom stereocenters. The maximum Gasteiger partial charge on any atom is 0.306 e. The summed E-state index contributed by atoms with van der Waals surface area (Å²) < 4.78 is 5.64. The molecule has 0 aromatic rings. The first-order chi connectivity index (χ1) is 8.45. The van der Waals surface area contributed by atoms with Crippen LogP contribution in [0, 0.1) is 5.92 Å². The SMILES string of the molecule is CCCOC1CC(C(=O)O)CC(N)C1NC(C)=O. The van der Waals surface area contributed by atoms with Crippen molar-refractivity contribution in [2.75, 3.05) is 6.61 Å². The Hall–Kier alpha value is -1.14. The van der Waals surface area contributed by atoms with Gasteiger partial charge >= 0.3 is 5.97 Å². The van der Waals surface area contributed by atoms with E-state index in [4.69, 9.17) is 15.6 Å². The van der Waals surface area contributed by atoms with Gasteiger partial charge in [0.15, 0.2) is 0 Å². The van der Waals surface area contributed by atoms with Crippen molar-refractivity contribution in [3.8, 4) is 0 Å². The minimum atomic E-state index is -0.850. The van der Waals surface area contributed by atoms with E-state index < -0.39 is 11.9 Å². The summed E-state index contributed by atoms with van der Waals surface area (Å²) >= 11 is 0. The highest BCUT2D eigenvalue weighted by molar-refractivity contribution is 5.74. The summed E-state index contributed by atoms with van der Waals surface area (Å²) in [6, 6.07) is -0.685. The average Bonchev–Trinajstić information content (AvgIpc) is 2.28. The molecule has 18 heavy (non-hydrogen) atoms. The van der Waals surface area contributed by atoms with Crippen LogP contribution in [0.3, 0.4) is 0 Å². The molecule has 1 amide bonds. The lowest BCUT2D eigenvalue weighted by atomic mass is 9.80. The predicted octanol–water partition coefficient (Wildman–Crippen LogP) is 0.108. The maximum absolute atomic E-state index is 11.2. The quantitative estimate of drug-likeness (QED) is 0.649. The van der Waals surface area contributed by atoms with E-state index in [2.05, 4.69) is 5.32 Å². The number of nitrogens with one attached hydrogen (secondary N) is 1. The van der Waals surface area contributed by atoms with E-state index in [0.717, 1.165) is 6.42 Å². The van der Waals surface area contributed by atoms with Crippen molar-refractivity contribution in [1.82, 2.24) is 5.32 Å². The summed E-state index contributed by atoms with van der Waals surface area (Å²) in [6.07, 6.45) is 1.29. The molecule has 0 saturated heterocycles. The third-order valence-corrected chi connectivity index (χ3v) is 3.19. The van der Waals surface area contributed by atoms with Crippen LogP contribution < -0.4 is 11.1 Å². The van der Waals surface area contributed by atoms with Gasteiger partial charge in [0.2, 0.25) is 5.91 Å². The molecule has 0 aromatic carbocycles. The number of hydrogen-bond donors (Lipinski definition) is 3. The van der Waals surface area contributed by atoms with E-state index in [0.29, 0.717) is 19.4 Å². The van der Waals surface area contributed by atoms with Crippen LogP contribution in [-0.2, 0) is 14.3 Å². The van der Waals surface area contributed by atoms with Crippen molar-refractivity contribution < 1.29 is 19.4 Å². The number of carboxylic acid groups (broad SMARTS) is 1. The van der Waals surface area contributed by atoms with Crippen LogP contribution in [0.15, 0.2) is 0 Å². The van der Waals surface area contributed by atoms with Gasteiger partial charge in [-0.15, -0.1) is 0 Å². The Morgan fingerprint density at radius 2 is 2.11 bits per heavy atom. The number of carbonyl (C=O) groups excluding carboxylic acids is 1. The summed E-state index contributed by atoms with van der Waals surface area (Å²) in [5.41, 5.74) is 5.96. The summed E-state index contributed by atoms with van der Waals surface area (Å²) in [6.45, 7) is 3.94. The summed E-state index contributed by atoms with van der Waals surface area (Å²) in [5.74, 6) is -1.52. The summed E-state index contributed by atoms with van der Waals surface area (Å²) in [5, 5.41) is 11.8. The van der Waals surface area contributed by atoms with Gasteiger partial charge < -0.3 is 20.9 Å². The van der Waals surface area contributed by atoms with E-state index in [1.54, 1.807) is 0 Å². The molecular formula is C12H22N2O4. The number of rotatable bonds is 5. The minimum absolute atomic E-state index is 0.172. The highest BCUT2D eigenvalue weighted by Gasteiger charge is 2.39. The molecule has 1 rings (SSSR count). The van der Waals surface area contributed by atoms with E-state index in [1.807, 2.05) is 6.92 Å². The Balaban J connectivity index is 2.73. The van der Waals surface area contributed by atoms with Gasteiger partial charge in [0, 0.05) is 19.6 Å². The highest BCUT2D eigenvalue weighted by Crippen LogP contribution is 2.26. The molecule has 104 valence electrons. The first-order valence-corrected chi connectivity index (χ1v) is 6.32. The Bertz CT molecular complexity index is 308. The average molecular weight is 258 g/mol. The predicted molar refractivity (Wildman–Crippen MR) is 66.0 cm³/mol. The highest BCUT2D eigenvalue weighted by atomic mass is 16.5. The zero-order chi connectivity index (χ0) is 13.7. The molecule has 6 heteroatoms. The Morgan fingerprint density at radius 1 is 1.44 bits per heavy atom. The zero-order valence-corrected chi connectivity index (χ0v) is 10.9. The first kappa shape index (κ1) is 14.9. The van der Waals surface area contributed by atoms with Crippen molar-refractivity contribution in [3.05, 3.63) is 0 Å². The third-order valence-electron chi connectivity index (χ3n) is 3.19. The summed E-state index contributed by atoms with van der Waals surface area (Å²) in [7, 11) is 0. The molecule has 0 radical (unpaired) electrons. The Kier molecular flexibility index (Phi) is 5.55. The van der Waals surface area contributed by atoms with Crippen LogP contribution in [-0.4, -0.2) is 41.8 Å². The van der Waals surface area contributed by atoms with Crippen LogP contribution in [0.4, 0.5) is 0 Å². The second-order valence-electron chi connectivity index (χ2n) is 4.81. The van der Waals surface area contributed by atoms with Crippen molar-refractivity contribution in [1.29, 1.82) is 0 Å². The number of carboxylic acids is 1. The van der Waals surface area contributed by atoms with Gasteiger partial charge in [0.25, 0.3) is 0 Å². The Morgan fingerprint density at radius 3 is 2.61 bits per heavy atom. The van der Waals surface area contributed by atoms with Gasteiger partial charge in [-0.2, -0.15) is 0 Å². The molecule has 0 heterocycles. The molecule has 4 N–H and O–H groups in total. The van der Waals surface area contributed by atoms with Gasteiger partial charge in [-0.3, -0.25) is 9.59 Å². The molecule has 0 bridgehead atoms. The second-order valence-corrected chi connectivity index (χ2v) is 4.81. The molecule has 4 unspecified atom stereocenters. The molecule has 0 spiro atoms. The van der Waals surface area contributed by atoms with Gasteiger partial charge in [0.1, 0.15) is 0 Å². The van der Waals surface area contributed by atoms with Crippen LogP contribution in [0.5, 0.6) is 0 Å². The fraction of sp³-hybridized carbons (Fsp3) is 0.833. The number of nitrogens with two attached hydrogens (primary N) is 1. The van der Waals surface area contributed by atoms with Gasteiger partial charge in [-0.05, 0) is 19.3 Å². The van der Waals surface area contributed by atoms with Crippen LogP contribution in [0.2, 0.25) is 0 Å². The van der Waals surface area contributed by atoms with Crippen molar-refractivity contribution in [2.24, 2.45) is 11.7 Å². The molecule has 1 aliphatic carbocycles. The normalized spacial score (nSPS) is 31.9. The number of amides is 1. The fourth-order valence-corrected chi connectivity index (χ4v) is 2.35. The van der Waals surface area contributed by atoms with E-state index >= 15 is 0 Å². The van der Waals surface area contributed by atoms with Gasteiger partial charge in [0.05, 0.1) is 18.1 Å². The molecule has 6 nitrogen and oxygen atoms in total. The molecule has 1 aliphatic rings. The van der Waals surface area contributed by atoms with E-state index in [9.17, 15) is 9.59 Å². The lowest BCUT2D eigenvalue weighted by molar-refractivity contribution is -0.146. The monoisotopic (exact) mass is 258 g/mol. The van der Waals surface area contributed by atoms with E-state index in [1.165, 1.54) is 6.92 Å². The van der Waals surface area contributed by atoms with Crippen LogP contribution in [0.1, 0.15) is 33.1 Å². The standard InChI is InChI=1S/C12H22N2O4/c1-3-4-18-10-6-8(12(16)17)5-9(13)11(10)14-7(2)15/h8-11H,3-6,13H2,1-2H3,(H,14,15)(H,16,17). The minimum Gasteiger partial charge on any atom is -0.481 e. The molecular weight excluding hydrogens is 236 g/mol. The number of aliphatic carboxylic acids is 1. The second kappa shape index (κ2) is 6.70. The maximum atomic E-state index is 11.2. The van der Waals surface area contributed by atoms with Crippen LogP contribution in [0.25, 0.3) is 0 Å². The molecule has 1 saturated carbocycles. The molecule has 0 aliphatic heterocycles. The number of hydrogen-bond acceptors (Lipinski definition) is 4.